The lowest BCUT2D eigenvalue weighted by Gasteiger charge is -2.08. The van der Waals surface area contributed by atoms with Crippen LogP contribution in [0.25, 0.3) is 0 Å². The van der Waals surface area contributed by atoms with Crippen LogP contribution in [-0.2, 0) is 10.0 Å². The second kappa shape index (κ2) is 7.69. The van der Waals surface area contributed by atoms with Crippen molar-refractivity contribution >= 4 is 49.3 Å². The minimum Gasteiger partial charge on any atom is -0.358 e. The Morgan fingerprint density at radius 1 is 1.18 bits per heavy atom. The van der Waals surface area contributed by atoms with Crippen LogP contribution in [0.2, 0.25) is 0 Å². The molecule has 0 atom stereocenters. The van der Waals surface area contributed by atoms with Crippen LogP contribution in [0.4, 0.5) is 17.5 Å². The second-order valence-electron chi connectivity index (χ2n) is 5.15. The molecule has 1 amide bonds. The summed E-state index contributed by atoms with van der Waals surface area (Å²) in [7, 11) is -3.91. The Bertz CT molecular complexity index is 1130. The van der Waals surface area contributed by atoms with Crippen molar-refractivity contribution in [1.29, 1.82) is 0 Å². The van der Waals surface area contributed by atoms with Gasteiger partial charge in [-0.1, -0.05) is 5.10 Å². The molecule has 0 spiro atoms. The van der Waals surface area contributed by atoms with Gasteiger partial charge in [-0.15, -0.1) is 5.10 Å². The van der Waals surface area contributed by atoms with Crippen molar-refractivity contribution in [2.75, 3.05) is 10.0 Å². The number of aromatic amines is 1. The minimum absolute atomic E-state index is 0.0745. The minimum atomic E-state index is -3.91. The standard InChI is InChI=1S/C14H10BrN7O5S/c15-10-11(19-20-12(10)22(24)25)13(23)18-8-2-4-9(5-3-8)28(26,27)21-14-16-6-1-7-17-14/h1-7H,(H,18,23)(H,19,20)(H,16,17,21). The number of aromatic nitrogens is 4. The first-order chi connectivity index (χ1) is 13.3. The topological polar surface area (TPSA) is 173 Å². The number of nitrogens with one attached hydrogen (secondary N) is 3. The van der Waals surface area contributed by atoms with Gasteiger partial charge < -0.3 is 15.4 Å². The average molecular weight is 468 g/mol. The van der Waals surface area contributed by atoms with E-state index in [4.69, 9.17) is 0 Å². The van der Waals surface area contributed by atoms with E-state index in [2.05, 4.69) is 46.1 Å². The van der Waals surface area contributed by atoms with Crippen molar-refractivity contribution in [3.63, 3.8) is 0 Å². The maximum atomic E-state index is 12.3. The first kappa shape index (κ1) is 19.4. The van der Waals surface area contributed by atoms with Crippen molar-refractivity contribution in [1.82, 2.24) is 20.2 Å². The van der Waals surface area contributed by atoms with E-state index in [1.54, 1.807) is 6.07 Å². The zero-order valence-electron chi connectivity index (χ0n) is 13.7. The summed E-state index contributed by atoms with van der Waals surface area (Å²) in [6.45, 7) is 0. The fraction of sp³-hybridized carbons (Fsp3) is 0. The lowest BCUT2D eigenvalue weighted by Crippen LogP contribution is -2.15. The Morgan fingerprint density at radius 2 is 1.82 bits per heavy atom. The van der Waals surface area contributed by atoms with Gasteiger partial charge in [0.15, 0.2) is 5.69 Å². The highest BCUT2D eigenvalue weighted by Crippen LogP contribution is 2.26. The van der Waals surface area contributed by atoms with E-state index in [0.29, 0.717) is 0 Å². The Labute approximate surface area is 165 Å². The molecule has 1 aromatic carbocycles. The molecule has 0 saturated heterocycles. The fourth-order valence-electron chi connectivity index (χ4n) is 2.03. The predicted octanol–water partition coefficient (Wildman–Crippen LogP) is 1.92. The number of hydrogen-bond donors (Lipinski definition) is 3. The third kappa shape index (κ3) is 4.12. The van der Waals surface area contributed by atoms with Gasteiger partial charge in [-0.25, -0.2) is 23.1 Å². The van der Waals surface area contributed by atoms with Gasteiger partial charge >= 0.3 is 5.82 Å². The molecule has 0 aliphatic rings. The summed E-state index contributed by atoms with van der Waals surface area (Å²) in [4.78, 5) is 29.7. The molecule has 0 fully saturated rings. The Hall–Kier alpha value is -3.39. The Balaban J connectivity index is 1.74. The molecule has 0 unspecified atom stereocenters. The molecule has 0 saturated carbocycles. The predicted molar refractivity (Wildman–Crippen MR) is 100 cm³/mol. The first-order valence-electron chi connectivity index (χ1n) is 7.37. The van der Waals surface area contributed by atoms with Crippen LogP contribution in [-0.4, -0.2) is 39.4 Å². The second-order valence-corrected chi connectivity index (χ2v) is 7.62. The largest absolute Gasteiger partial charge is 0.358 e. The zero-order valence-corrected chi connectivity index (χ0v) is 16.1. The third-order valence-electron chi connectivity index (χ3n) is 3.30. The van der Waals surface area contributed by atoms with Crippen molar-refractivity contribution in [3.05, 3.63) is 63.0 Å². The van der Waals surface area contributed by atoms with Crippen LogP contribution >= 0.6 is 15.9 Å². The van der Waals surface area contributed by atoms with Crippen LogP contribution < -0.4 is 10.0 Å². The number of benzene rings is 1. The summed E-state index contributed by atoms with van der Waals surface area (Å²) in [6, 6.07) is 6.79. The quantitative estimate of drug-likeness (QED) is 0.363. The lowest BCUT2D eigenvalue weighted by molar-refractivity contribution is -0.390. The molecular formula is C14H10BrN7O5S. The summed E-state index contributed by atoms with van der Waals surface area (Å²) >= 11 is 2.94. The molecule has 144 valence electrons. The normalized spacial score (nSPS) is 11.0. The van der Waals surface area contributed by atoms with Crippen LogP contribution in [0.15, 0.2) is 52.1 Å². The molecule has 2 heterocycles. The molecule has 3 aromatic rings. The maximum Gasteiger partial charge on any atom is 0.357 e. The summed E-state index contributed by atoms with van der Waals surface area (Å²) in [5.41, 5.74) is 0.0451. The van der Waals surface area contributed by atoms with Gasteiger partial charge in [0.2, 0.25) is 5.95 Å². The van der Waals surface area contributed by atoms with E-state index in [1.807, 2.05) is 0 Å². The van der Waals surface area contributed by atoms with E-state index in [0.717, 1.165) is 0 Å². The summed E-state index contributed by atoms with van der Waals surface area (Å²) in [5, 5.41) is 19.0. The van der Waals surface area contributed by atoms with E-state index >= 15 is 0 Å². The highest BCUT2D eigenvalue weighted by molar-refractivity contribution is 9.10. The van der Waals surface area contributed by atoms with Crippen LogP contribution in [0, 0.1) is 10.1 Å². The molecule has 2 aromatic heterocycles. The highest BCUT2D eigenvalue weighted by Gasteiger charge is 2.25. The summed E-state index contributed by atoms with van der Waals surface area (Å²) in [5.74, 6) is -1.26. The van der Waals surface area contributed by atoms with Crippen LogP contribution in [0.5, 0.6) is 0 Å². The Kier molecular flexibility index (Phi) is 5.32. The van der Waals surface area contributed by atoms with Gasteiger partial charge in [-0.2, -0.15) is 0 Å². The molecule has 0 radical (unpaired) electrons. The van der Waals surface area contributed by atoms with Gasteiger partial charge in [0.05, 0.1) is 4.90 Å². The molecule has 0 aliphatic heterocycles. The van der Waals surface area contributed by atoms with Gasteiger partial charge in [0, 0.05) is 18.1 Å². The van der Waals surface area contributed by atoms with Crippen LogP contribution in [0.3, 0.4) is 0 Å². The van der Waals surface area contributed by atoms with E-state index < -0.39 is 26.7 Å². The number of nitrogens with zero attached hydrogens (tertiary/aromatic N) is 4. The molecule has 0 aliphatic carbocycles. The van der Waals surface area contributed by atoms with Crippen molar-refractivity contribution in [2.24, 2.45) is 0 Å². The molecule has 0 bridgehead atoms. The van der Waals surface area contributed by atoms with E-state index in [1.165, 1.54) is 36.7 Å². The molecule has 12 nitrogen and oxygen atoms in total. The number of sulfonamides is 1. The molecule has 3 rings (SSSR count). The molecule has 3 N–H and O–H groups in total. The van der Waals surface area contributed by atoms with E-state index in [-0.39, 0.29) is 26.7 Å². The maximum absolute atomic E-state index is 12.3. The van der Waals surface area contributed by atoms with Gasteiger partial charge in [0.25, 0.3) is 15.9 Å². The van der Waals surface area contributed by atoms with Crippen molar-refractivity contribution in [2.45, 2.75) is 4.90 Å². The SMILES string of the molecule is O=C(Nc1ccc(S(=O)(=O)Nc2ncccn2)cc1)c1n[nH]c([N+](=O)[O-])c1Br. The summed E-state index contributed by atoms with van der Waals surface area (Å²) in [6.07, 6.45) is 2.78. The average Bonchev–Trinajstić information content (AvgIpc) is 3.04. The highest BCUT2D eigenvalue weighted by atomic mass is 79.9. The first-order valence-corrected chi connectivity index (χ1v) is 9.65. The number of carbonyl (C=O) groups is 1. The number of amides is 1. The number of H-pyrrole nitrogens is 1. The van der Waals surface area contributed by atoms with Gasteiger partial charge in [-0.3, -0.25) is 4.79 Å². The number of rotatable bonds is 6. The van der Waals surface area contributed by atoms with Crippen molar-refractivity contribution < 1.29 is 18.1 Å². The molecule has 28 heavy (non-hydrogen) atoms. The molecule has 14 heteroatoms. The van der Waals surface area contributed by atoms with E-state index in [9.17, 15) is 23.3 Å². The zero-order chi connectivity index (χ0) is 20.3. The number of anilines is 2. The number of carbonyl (C=O) groups excluding carboxylic acids is 1. The van der Waals surface area contributed by atoms with Crippen LogP contribution in [0.1, 0.15) is 10.5 Å². The monoisotopic (exact) mass is 467 g/mol. The third-order valence-corrected chi connectivity index (χ3v) is 5.40. The Morgan fingerprint density at radius 3 is 2.39 bits per heavy atom. The lowest BCUT2D eigenvalue weighted by atomic mass is 10.3. The number of hydrogen-bond acceptors (Lipinski definition) is 8. The fourth-order valence-corrected chi connectivity index (χ4v) is 3.49. The smallest absolute Gasteiger partial charge is 0.357 e. The van der Waals surface area contributed by atoms with Gasteiger partial charge in [0.1, 0.15) is 4.47 Å². The summed E-state index contributed by atoms with van der Waals surface area (Å²) < 4.78 is 26.7. The van der Waals surface area contributed by atoms with Crippen molar-refractivity contribution in [3.8, 4) is 0 Å². The van der Waals surface area contributed by atoms with Gasteiger partial charge in [-0.05, 0) is 51.2 Å². The number of halogens is 1. The number of nitro groups is 1. The molecular weight excluding hydrogens is 458 g/mol.